The molecule has 2 aliphatic rings. The molecular weight excluding hydrogens is 964 g/mol. The van der Waals surface area contributed by atoms with Crippen molar-refractivity contribution in [1.82, 2.24) is 24.4 Å². The van der Waals surface area contributed by atoms with Crippen LogP contribution in [-0.4, -0.2) is 95.4 Å². The van der Waals surface area contributed by atoms with Gasteiger partial charge in [-0.15, -0.1) is 0 Å². The second-order valence-electron chi connectivity index (χ2n) is 20.1. The molecule has 0 aliphatic carbocycles. The molecule has 0 bridgehead atoms. The van der Waals surface area contributed by atoms with Gasteiger partial charge in [-0.1, -0.05) is 57.2 Å². The number of alkyl halides is 3. The van der Waals surface area contributed by atoms with E-state index < -0.39 is 76.1 Å². The molecule has 5 aromatic rings. The zero-order chi connectivity index (χ0) is 53.0. The Labute approximate surface area is 428 Å². The first kappa shape index (κ1) is 54.1. The maximum atomic E-state index is 14.1. The van der Waals surface area contributed by atoms with Crippen LogP contribution in [-0.2, 0) is 42.9 Å². The monoisotopic (exact) mass is 1020 g/mol. The fourth-order valence-corrected chi connectivity index (χ4v) is 9.39. The lowest BCUT2D eigenvalue weighted by molar-refractivity contribution is -0.144. The van der Waals surface area contributed by atoms with Crippen LogP contribution in [0.5, 0.6) is 5.75 Å². The molecule has 0 saturated carbocycles. The van der Waals surface area contributed by atoms with Gasteiger partial charge in [-0.05, 0) is 117 Å². The van der Waals surface area contributed by atoms with Gasteiger partial charge in [0.05, 0.1) is 47.3 Å². The summed E-state index contributed by atoms with van der Waals surface area (Å²) < 4.78 is 58.1. The van der Waals surface area contributed by atoms with Gasteiger partial charge in [0, 0.05) is 25.1 Å². The molecule has 0 radical (unpaired) electrons. The molecule has 3 N–H and O–H groups in total. The third-order valence-electron chi connectivity index (χ3n) is 13.5. The second-order valence-corrected chi connectivity index (χ2v) is 20.7. The van der Waals surface area contributed by atoms with Crippen LogP contribution in [0, 0.1) is 23.7 Å². The Hall–Kier alpha value is -6.72. The van der Waals surface area contributed by atoms with Crippen LogP contribution in [0.2, 0.25) is 0 Å². The summed E-state index contributed by atoms with van der Waals surface area (Å²) in [7, 11) is 0. The third-order valence-corrected chi connectivity index (χ3v) is 14.3. The number of carbonyl (C=O) groups excluding carboxylic acids is 4. The van der Waals surface area contributed by atoms with Gasteiger partial charge < -0.3 is 51.2 Å². The van der Waals surface area contributed by atoms with Crippen molar-refractivity contribution >= 4 is 47.8 Å². The van der Waals surface area contributed by atoms with E-state index in [-0.39, 0.29) is 42.4 Å². The fourth-order valence-electron chi connectivity index (χ4n) is 9.08. The van der Waals surface area contributed by atoms with Crippen molar-refractivity contribution in [3.05, 3.63) is 120 Å². The Kier molecular flexibility index (Phi) is 16.1. The molecular formula is C54H60F3N7O8S. The smallest absolute Gasteiger partial charge is 0.417 e. The van der Waals surface area contributed by atoms with Crippen molar-refractivity contribution in [3.8, 4) is 34.3 Å². The molecule has 5 atom stereocenters. The number of hydrogen-bond acceptors (Lipinski definition) is 11. The van der Waals surface area contributed by atoms with Gasteiger partial charge in [-0.25, -0.2) is 4.98 Å². The summed E-state index contributed by atoms with van der Waals surface area (Å²) in [5.41, 5.74) is 1.23. The van der Waals surface area contributed by atoms with Crippen molar-refractivity contribution in [2.75, 3.05) is 37.9 Å². The number of hydrogen-bond donors (Lipinski definition) is 3. The summed E-state index contributed by atoms with van der Waals surface area (Å²) in [6.07, 6.45) is -3.02. The number of nitrogens with one attached hydrogen (secondary N) is 2. The molecule has 4 amide bonds. The van der Waals surface area contributed by atoms with Crippen molar-refractivity contribution < 1.29 is 51.3 Å². The average molecular weight is 1020 g/mol. The molecule has 4 aromatic carbocycles. The van der Waals surface area contributed by atoms with E-state index in [1.54, 1.807) is 19.9 Å². The lowest BCUT2D eigenvalue weighted by Gasteiger charge is -2.48. The number of aliphatic hydroxyl groups excluding tert-OH is 1. The first-order chi connectivity index (χ1) is 34.4. The van der Waals surface area contributed by atoms with Gasteiger partial charge in [-0.3, -0.25) is 24.1 Å². The number of nitriles is 1. The fraction of sp³-hybridized carbons (Fsp3) is 0.407. The zero-order valence-electron chi connectivity index (χ0n) is 41.8. The van der Waals surface area contributed by atoms with Gasteiger partial charge in [0.15, 0.2) is 24.4 Å². The number of unbranched alkanes of at least 4 members (excludes halogenated alkanes) is 1. The Balaban J connectivity index is 0.848. The number of benzene rings is 4. The number of quaternary nitrogens is 1. The van der Waals surface area contributed by atoms with E-state index in [9.17, 15) is 42.7 Å². The molecule has 1 unspecified atom stereocenters. The number of nitrogens with zero attached hydrogens (tertiary/aromatic N) is 5. The number of carbonyl (C=O) groups is 4. The largest absolute Gasteiger partial charge is 0.494 e. The quantitative estimate of drug-likeness (QED) is 0.0462. The molecule has 2 aliphatic heterocycles. The van der Waals surface area contributed by atoms with Crippen molar-refractivity contribution in [2.45, 2.75) is 104 Å². The van der Waals surface area contributed by atoms with E-state index in [1.165, 1.54) is 22.3 Å². The number of aryl methyl sites for hydroxylation is 1. The number of oxazole rings is 1. The highest BCUT2D eigenvalue weighted by atomic mass is 32.1. The number of ether oxygens (including phenoxy) is 2. The van der Waals surface area contributed by atoms with E-state index >= 15 is 0 Å². The van der Waals surface area contributed by atoms with Gasteiger partial charge >= 0.3 is 6.18 Å². The lowest BCUT2D eigenvalue weighted by atomic mass is 9.85. The van der Waals surface area contributed by atoms with Crippen LogP contribution < -0.4 is 24.2 Å². The summed E-state index contributed by atoms with van der Waals surface area (Å²) in [4.78, 5) is 61.2. The third kappa shape index (κ3) is 11.9. The Bertz CT molecular complexity index is 2850. The molecule has 15 nitrogen and oxygen atoms in total. The van der Waals surface area contributed by atoms with Crippen LogP contribution in [0.1, 0.15) is 89.2 Å². The number of β-amino-alcohol motifs (C(OH)–C–C–N with tert-alkyl or cyclic N) is 1. The summed E-state index contributed by atoms with van der Waals surface area (Å²) >= 11 is 6.06. The average Bonchev–Trinajstić information content (AvgIpc) is 4.02. The highest BCUT2D eigenvalue weighted by molar-refractivity contribution is 7.58. The van der Waals surface area contributed by atoms with E-state index in [0.29, 0.717) is 36.6 Å². The normalized spacial score (nSPS) is 19.6. The first-order valence-corrected chi connectivity index (χ1v) is 24.3. The number of aliphatic hydroxyl groups is 1. The predicted molar refractivity (Wildman–Crippen MR) is 270 cm³/mol. The van der Waals surface area contributed by atoms with Crippen LogP contribution in [0.15, 0.2) is 102 Å². The Morgan fingerprint density at radius 3 is 2.19 bits per heavy atom. The SMILES string of the molecule is Cc1ncoc1-c1ccc([C@H](C)NC(=O)[C@@H]2C[C@@H](O)CN2C(=O)[C@@H](NC(=O)COCCCCOc2ccc(-c3ccc([N+]4([S-])CN(c5ccc(C#N)c(C(F)(F)F)c5)C(=O)C4(C)C)cc3)cc2)C(C)(C)C)cc1. The number of amides is 4. The summed E-state index contributed by atoms with van der Waals surface area (Å²) in [6.45, 7) is 12.7. The van der Waals surface area contributed by atoms with E-state index in [4.69, 9.17) is 26.7 Å². The minimum atomic E-state index is -4.78. The number of anilines is 1. The predicted octanol–water partition coefficient (Wildman–Crippen LogP) is 8.31. The van der Waals surface area contributed by atoms with Crippen LogP contribution in [0.3, 0.4) is 0 Å². The van der Waals surface area contributed by atoms with Crippen LogP contribution in [0.25, 0.3) is 22.5 Å². The number of aromatic nitrogens is 1. The Morgan fingerprint density at radius 2 is 1.59 bits per heavy atom. The lowest BCUT2D eigenvalue weighted by Crippen LogP contribution is -2.58. The van der Waals surface area contributed by atoms with Crippen molar-refractivity contribution in [2.24, 2.45) is 5.41 Å². The first-order valence-electron chi connectivity index (χ1n) is 24.0. The van der Waals surface area contributed by atoms with E-state index in [1.807, 2.05) is 107 Å². The maximum Gasteiger partial charge on any atom is 0.417 e. The summed E-state index contributed by atoms with van der Waals surface area (Å²) in [6, 6.07) is 24.8. The molecule has 3 heterocycles. The molecule has 73 heavy (non-hydrogen) atoms. The van der Waals surface area contributed by atoms with Gasteiger partial charge in [-0.2, -0.15) is 18.4 Å². The summed E-state index contributed by atoms with van der Waals surface area (Å²) in [5.74, 6) is -0.511. The van der Waals surface area contributed by atoms with Crippen molar-refractivity contribution in [3.63, 3.8) is 0 Å². The van der Waals surface area contributed by atoms with Gasteiger partial charge in [0.2, 0.25) is 17.7 Å². The van der Waals surface area contributed by atoms with E-state index in [0.717, 1.165) is 40.1 Å². The number of likely N-dealkylation sites (tertiary alicyclic amines) is 1. The van der Waals surface area contributed by atoms with Crippen molar-refractivity contribution in [1.29, 1.82) is 5.26 Å². The molecule has 7 rings (SSSR count). The number of halogens is 3. The van der Waals surface area contributed by atoms with E-state index in [2.05, 4.69) is 15.6 Å². The maximum absolute atomic E-state index is 14.1. The molecule has 2 saturated heterocycles. The molecule has 1 aromatic heterocycles. The van der Waals surface area contributed by atoms with Crippen LogP contribution in [0.4, 0.5) is 24.5 Å². The minimum absolute atomic E-state index is 0.00785. The van der Waals surface area contributed by atoms with Gasteiger partial charge in [0.1, 0.15) is 30.1 Å². The molecule has 0 spiro atoms. The highest BCUT2D eigenvalue weighted by Crippen LogP contribution is 2.43. The molecule has 386 valence electrons. The minimum Gasteiger partial charge on any atom is -0.494 e. The topological polar surface area (TPSA) is 187 Å². The standard InChI is InChI=1S/C54H60F3N7O8S/c1-33(35-10-12-38(13-11-35)47-34(2)59-31-72-47)60-49(67)45-27-42(65)29-62(45)50(68)48(52(3,4)5)61-46(66)30-70-24-8-9-25-71-43-22-17-37(18-23-43)36-15-20-41(21-16-36)64(73)32-63(51(69)53(64,6)7)40-19-14-39(28-58)44(26-40)54(55,56)57/h10-23,26,31,33,42,45,48,65H,8-9,24-25,27,29-30,32H2,1-7H3,(H,60,67)(H,61,66)/t33-,42+,45-,48+,64?/m0/s1. The number of rotatable bonds is 17. The zero-order valence-corrected chi connectivity index (χ0v) is 42.6. The summed E-state index contributed by atoms with van der Waals surface area (Å²) in [5, 5.41) is 25.7. The van der Waals surface area contributed by atoms with Crippen LogP contribution >= 0.6 is 0 Å². The van der Waals surface area contributed by atoms with Gasteiger partial charge in [0.25, 0.3) is 5.91 Å². The molecule has 19 heteroatoms. The Morgan fingerprint density at radius 1 is 0.959 bits per heavy atom. The second kappa shape index (κ2) is 21.8. The highest BCUT2D eigenvalue weighted by Gasteiger charge is 2.54. The molecule has 2 fully saturated rings.